The highest BCUT2D eigenvalue weighted by molar-refractivity contribution is 7.84. The van der Waals surface area contributed by atoms with Crippen LogP contribution in [0.15, 0.2) is 41.4 Å². The van der Waals surface area contributed by atoms with Gasteiger partial charge in [0.05, 0.1) is 21.4 Å². The van der Waals surface area contributed by atoms with Gasteiger partial charge in [0.15, 0.2) is 5.82 Å². The molecule has 3 aliphatic heterocycles. The number of amides is 2. The summed E-state index contributed by atoms with van der Waals surface area (Å²) in [5, 5.41) is 3.43. The summed E-state index contributed by atoms with van der Waals surface area (Å²) in [7, 11) is -1.23. The van der Waals surface area contributed by atoms with Crippen molar-refractivity contribution in [1.29, 1.82) is 0 Å². The highest BCUT2D eigenvalue weighted by Gasteiger charge is 2.33. The number of carbonyl (C=O) groups is 2. The molecule has 3 saturated heterocycles. The molecule has 3 fully saturated rings. The lowest BCUT2D eigenvalue weighted by atomic mass is 9.92. The van der Waals surface area contributed by atoms with Crippen molar-refractivity contribution >= 4 is 45.7 Å². The normalized spacial score (nSPS) is 21.5. The molecule has 2 atom stereocenters. The van der Waals surface area contributed by atoms with Crippen LogP contribution in [0.3, 0.4) is 0 Å². The van der Waals surface area contributed by atoms with Gasteiger partial charge in [-0.15, -0.1) is 0 Å². The van der Waals surface area contributed by atoms with Gasteiger partial charge in [-0.3, -0.25) is 18.7 Å². The number of piperazine rings is 1. The Morgan fingerprint density at radius 1 is 1.11 bits per heavy atom. The van der Waals surface area contributed by atoms with Crippen molar-refractivity contribution in [3.05, 3.63) is 47.1 Å². The number of hydrogen-bond acceptors (Lipinski definition) is 6. The van der Waals surface area contributed by atoms with E-state index in [2.05, 4.69) is 25.0 Å². The van der Waals surface area contributed by atoms with E-state index in [1.165, 1.54) is 19.4 Å². The maximum absolute atomic E-state index is 13.0. The van der Waals surface area contributed by atoms with Crippen LogP contribution in [0, 0.1) is 5.92 Å². The smallest absolute Gasteiger partial charge is 0.255 e. The number of halogens is 1. The Kier molecular flexibility index (Phi) is 8.12. The number of pyridine rings is 1. The number of carbonyl (C=O) groups excluding carboxylic acids is 2. The molecule has 5 rings (SSSR count). The molecule has 37 heavy (non-hydrogen) atoms. The number of nitrogens with zero attached hydrogens (tertiary/aromatic N) is 4. The zero-order valence-electron chi connectivity index (χ0n) is 21.2. The zero-order chi connectivity index (χ0) is 25.9. The van der Waals surface area contributed by atoms with Crippen LogP contribution in [0.4, 0.5) is 11.5 Å². The van der Waals surface area contributed by atoms with Gasteiger partial charge >= 0.3 is 0 Å². The van der Waals surface area contributed by atoms with Crippen LogP contribution in [-0.2, 0) is 15.6 Å². The van der Waals surface area contributed by atoms with E-state index in [0.29, 0.717) is 45.4 Å². The first-order chi connectivity index (χ1) is 17.9. The fourth-order valence-electron chi connectivity index (χ4n) is 5.71. The quantitative estimate of drug-likeness (QED) is 0.599. The second-order valence-electron chi connectivity index (χ2n) is 10.3. The Hall–Kier alpha value is -2.49. The number of fused-ring (bicyclic) bond motifs is 1. The van der Waals surface area contributed by atoms with Gasteiger partial charge < -0.3 is 15.1 Å². The lowest BCUT2D eigenvalue weighted by Crippen LogP contribution is -2.52. The zero-order valence-corrected chi connectivity index (χ0v) is 22.8. The van der Waals surface area contributed by atoms with Crippen LogP contribution < -0.4 is 10.2 Å². The molecule has 2 aromatic rings. The highest BCUT2D eigenvalue weighted by Crippen LogP contribution is 2.31. The SMILES string of the molecule is CS(=O)c1cnc(N2CCC(CC(=O)N3CCN4CCCC4C3)CC2)c(NC(=O)c2cccc(Cl)c2)c1. The predicted molar refractivity (Wildman–Crippen MR) is 147 cm³/mol. The Morgan fingerprint density at radius 3 is 2.68 bits per heavy atom. The largest absolute Gasteiger partial charge is 0.355 e. The average molecular weight is 544 g/mol. The van der Waals surface area contributed by atoms with Gasteiger partial charge in [-0.1, -0.05) is 17.7 Å². The second kappa shape index (κ2) is 11.5. The minimum atomic E-state index is -1.23. The van der Waals surface area contributed by atoms with Crippen molar-refractivity contribution in [3.8, 4) is 0 Å². The van der Waals surface area contributed by atoms with Crippen molar-refractivity contribution in [1.82, 2.24) is 14.8 Å². The Morgan fingerprint density at radius 2 is 1.92 bits per heavy atom. The molecule has 0 aliphatic carbocycles. The van der Waals surface area contributed by atoms with E-state index >= 15 is 0 Å². The summed E-state index contributed by atoms with van der Waals surface area (Å²) in [6, 6.07) is 9.04. The van der Waals surface area contributed by atoms with E-state index in [4.69, 9.17) is 11.6 Å². The number of anilines is 2. The van der Waals surface area contributed by atoms with E-state index in [1.54, 1.807) is 42.8 Å². The molecule has 0 bridgehead atoms. The maximum atomic E-state index is 13.0. The number of rotatable bonds is 6. The van der Waals surface area contributed by atoms with Crippen molar-refractivity contribution in [2.24, 2.45) is 5.92 Å². The molecular formula is C27H34ClN5O3S. The molecule has 4 heterocycles. The molecule has 1 aromatic carbocycles. The van der Waals surface area contributed by atoms with Gasteiger partial charge in [-0.2, -0.15) is 0 Å². The topological polar surface area (TPSA) is 85.8 Å². The maximum Gasteiger partial charge on any atom is 0.255 e. The fraction of sp³-hybridized carbons (Fsp3) is 0.519. The van der Waals surface area contributed by atoms with Gasteiger partial charge in [0.1, 0.15) is 0 Å². The third-order valence-corrected chi connectivity index (χ3v) is 8.95. The third kappa shape index (κ3) is 6.16. The molecule has 1 N–H and O–H groups in total. The molecule has 8 nitrogen and oxygen atoms in total. The summed E-state index contributed by atoms with van der Waals surface area (Å²) in [4.78, 5) is 37.9. The van der Waals surface area contributed by atoms with Crippen molar-refractivity contribution in [2.45, 2.75) is 43.0 Å². The number of benzene rings is 1. The second-order valence-corrected chi connectivity index (χ2v) is 12.1. The van der Waals surface area contributed by atoms with E-state index in [1.807, 2.05) is 0 Å². The van der Waals surface area contributed by atoms with Crippen LogP contribution in [-0.4, -0.2) is 82.4 Å². The molecule has 1 aromatic heterocycles. The van der Waals surface area contributed by atoms with Crippen molar-refractivity contribution in [2.75, 3.05) is 55.7 Å². The summed E-state index contributed by atoms with van der Waals surface area (Å²) in [6.07, 6.45) is 8.03. The Balaban J connectivity index is 1.22. The number of aromatic nitrogens is 1. The van der Waals surface area contributed by atoms with Crippen LogP contribution >= 0.6 is 11.6 Å². The molecular weight excluding hydrogens is 510 g/mol. The number of hydrogen-bond donors (Lipinski definition) is 1. The standard InChI is InChI=1S/C27H34ClN5O3S/c1-37(36)23-16-24(30-27(35)20-4-2-5-21(28)15-20)26(29-17-23)32-10-7-19(8-11-32)14-25(34)33-13-12-31-9-3-6-22(31)18-33/h2,4-5,15-17,19,22H,3,6-14,18H2,1H3,(H,30,35). The van der Waals surface area contributed by atoms with Crippen molar-refractivity contribution < 1.29 is 13.8 Å². The first-order valence-electron chi connectivity index (χ1n) is 13.0. The molecule has 10 heteroatoms. The summed E-state index contributed by atoms with van der Waals surface area (Å²) in [5.41, 5.74) is 0.971. The van der Waals surface area contributed by atoms with Crippen LogP contribution in [0.5, 0.6) is 0 Å². The summed E-state index contributed by atoms with van der Waals surface area (Å²) in [6.45, 7) is 5.39. The fourth-order valence-corrected chi connectivity index (χ4v) is 6.38. The van der Waals surface area contributed by atoms with E-state index in [0.717, 1.165) is 45.6 Å². The van der Waals surface area contributed by atoms with Gasteiger partial charge in [0.2, 0.25) is 5.91 Å². The lowest BCUT2D eigenvalue weighted by molar-refractivity contribution is -0.135. The average Bonchev–Trinajstić information content (AvgIpc) is 3.37. The molecule has 3 aliphatic rings. The van der Waals surface area contributed by atoms with Crippen LogP contribution in [0.1, 0.15) is 42.5 Å². The van der Waals surface area contributed by atoms with Gasteiger partial charge in [-0.25, -0.2) is 4.98 Å². The number of piperidine rings is 1. The van der Waals surface area contributed by atoms with Crippen molar-refractivity contribution in [3.63, 3.8) is 0 Å². The predicted octanol–water partition coefficient (Wildman–Crippen LogP) is 3.64. The Bertz CT molecular complexity index is 1190. The van der Waals surface area contributed by atoms with E-state index in [-0.39, 0.29) is 11.8 Å². The van der Waals surface area contributed by atoms with E-state index < -0.39 is 10.8 Å². The van der Waals surface area contributed by atoms with E-state index in [9.17, 15) is 13.8 Å². The molecule has 198 valence electrons. The van der Waals surface area contributed by atoms with Crippen LogP contribution in [0.25, 0.3) is 0 Å². The molecule has 2 unspecified atom stereocenters. The minimum Gasteiger partial charge on any atom is -0.355 e. The van der Waals surface area contributed by atoms with Crippen LogP contribution in [0.2, 0.25) is 5.02 Å². The summed E-state index contributed by atoms with van der Waals surface area (Å²) < 4.78 is 12.1. The van der Waals surface area contributed by atoms with Gasteiger partial charge in [0, 0.05) is 68.2 Å². The number of nitrogens with one attached hydrogen (secondary N) is 1. The van der Waals surface area contributed by atoms with Gasteiger partial charge in [0.25, 0.3) is 5.91 Å². The molecule has 0 saturated carbocycles. The monoisotopic (exact) mass is 543 g/mol. The van der Waals surface area contributed by atoms with Gasteiger partial charge in [-0.05, 0) is 62.4 Å². The molecule has 2 amide bonds. The lowest BCUT2D eigenvalue weighted by Gasteiger charge is -2.39. The molecule has 0 spiro atoms. The molecule has 0 radical (unpaired) electrons. The summed E-state index contributed by atoms with van der Waals surface area (Å²) >= 11 is 6.06. The first kappa shape index (κ1) is 26.1. The first-order valence-corrected chi connectivity index (χ1v) is 15.0. The summed E-state index contributed by atoms with van der Waals surface area (Å²) in [5.74, 6) is 0.990. The Labute approximate surface area is 225 Å². The minimum absolute atomic E-state index is 0.285. The third-order valence-electron chi connectivity index (χ3n) is 7.83. The highest BCUT2D eigenvalue weighted by atomic mass is 35.5.